The Labute approximate surface area is 164 Å². The van der Waals surface area contributed by atoms with Crippen LogP contribution in [0.25, 0.3) is 0 Å². The summed E-state index contributed by atoms with van der Waals surface area (Å²) in [5.74, 6) is -1.85. The summed E-state index contributed by atoms with van der Waals surface area (Å²) >= 11 is 0. The average Bonchev–Trinajstić information content (AvgIpc) is 2.72. The highest BCUT2D eigenvalue weighted by Gasteiger charge is 2.27. The molecule has 0 aromatic heterocycles. The maximum atomic E-state index is 12.4. The first-order chi connectivity index (χ1) is 13.9. The monoisotopic (exact) mass is 396 g/mol. The summed E-state index contributed by atoms with van der Waals surface area (Å²) in [7, 11) is 0. The molecule has 2 aromatic carbocycles. The molecule has 0 aliphatic carbocycles. The molecule has 2 N–H and O–H groups in total. The van der Waals surface area contributed by atoms with Crippen molar-refractivity contribution in [3.05, 3.63) is 69.8 Å². The molecule has 2 amide bonds. The first kappa shape index (κ1) is 19.7. The van der Waals surface area contributed by atoms with Gasteiger partial charge in [0.15, 0.2) is 0 Å². The number of carbonyl (C=O) groups excluding carboxylic acids is 3. The molecule has 0 fully saturated rings. The number of hydrogen-bond acceptors (Lipinski definition) is 7. The summed E-state index contributed by atoms with van der Waals surface area (Å²) in [6.07, 6.45) is 0.181. The largest absolute Gasteiger partial charge is 0.456 e. The quantitative estimate of drug-likeness (QED) is 0.448. The maximum Gasteiger partial charge on any atom is 0.354 e. The fraction of sp³-hybridized carbons (Fsp3) is 0.158. The van der Waals surface area contributed by atoms with Gasteiger partial charge in [-0.2, -0.15) is 5.10 Å². The van der Waals surface area contributed by atoms with Crippen LogP contribution in [0.2, 0.25) is 0 Å². The van der Waals surface area contributed by atoms with Gasteiger partial charge >= 0.3 is 5.97 Å². The van der Waals surface area contributed by atoms with Gasteiger partial charge in [0.05, 0.1) is 16.2 Å². The standard InChI is InChI=1S/C19H16N4O6/c20-18(25)12-6-7-13(16(10-12)23(27)28)11-29-19(26)15-8-9-17(24)22(21-15)14-4-2-1-3-5-14/h1-7,10H,8-9,11H2,(H2,20,25). The second-order valence-corrected chi connectivity index (χ2v) is 6.13. The number of hydrogen-bond donors (Lipinski definition) is 1. The Bertz CT molecular complexity index is 1020. The van der Waals surface area contributed by atoms with Gasteiger partial charge in [0.25, 0.3) is 5.69 Å². The smallest absolute Gasteiger partial charge is 0.354 e. The Balaban J connectivity index is 1.76. The molecule has 10 nitrogen and oxygen atoms in total. The van der Waals surface area contributed by atoms with Crippen molar-refractivity contribution in [3.63, 3.8) is 0 Å². The van der Waals surface area contributed by atoms with E-state index in [1.807, 2.05) is 0 Å². The van der Waals surface area contributed by atoms with Gasteiger partial charge in [-0.05, 0) is 24.3 Å². The van der Waals surface area contributed by atoms with E-state index in [-0.39, 0.29) is 41.3 Å². The first-order valence-corrected chi connectivity index (χ1v) is 8.56. The van der Waals surface area contributed by atoms with Crippen LogP contribution in [0.3, 0.4) is 0 Å². The van der Waals surface area contributed by atoms with Crippen molar-refractivity contribution >= 4 is 34.9 Å². The van der Waals surface area contributed by atoms with Crippen LogP contribution in [0.5, 0.6) is 0 Å². The summed E-state index contributed by atoms with van der Waals surface area (Å²) in [6, 6.07) is 12.3. The zero-order valence-corrected chi connectivity index (χ0v) is 15.1. The second-order valence-electron chi connectivity index (χ2n) is 6.13. The number of rotatable bonds is 6. The lowest BCUT2D eigenvalue weighted by Crippen LogP contribution is -2.34. The van der Waals surface area contributed by atoms with E-state index < -0.39 is 23.4 Å². The van der Waals surface area contributed by atoms with E-state index in [1.54, 1.807) is 30.3 Å². The Morgan fingerprint density at radius 2 is 1.90 bits per heavy atom. The minimum Gasteiger partial charge on any atom is -0.456 e. The van der Waals surface area contributed by atoms with Crippen molar-refractivity contribution in [2.24, 2.45) is 10.8 Å². The van der Waals surface area contributed by atoms with E-state index in [4.69, 9.17) is 10.5 Å². The van der Waals surface area contributed by atoms with Crippen molar-refractivity contribution in [1.82, 2.24) is 0 Å². The van der Waals surface area contributed by atoms with Crippen LogP contribution in [-0.4, -0.2) is 28.4 Å². The predicted octanol–water partition coefficient (Wildman–Crippen LogP) is 1.92. The zero-order chi connectivity index (χ0) is 21.0. The highest BCUT2D eigenvalue weighted by molar-refractivity contribution is 6.38. The molecule has 2 aromatic rings. The number of esters is 1. The van der Waals surface area contributed by atoms with Gasteiger partial charge in [0.2, 0.25) is 11.8 Å². The highest BCUT2D eigenvalue weighted by atomic mass is 16.6. The van der Waals surface area contributed by atoms with Crippen molar-refractivity contribution in [2.75, 3.05) is 5.01 Å². The Hall–Kier alpha value is -4.08. The summed E-state index contributed by atoms with van der Waals surface area (Å²) < 4.78 is 5.15. The number of ether oxygens (including phenoxy) is 1. The Morgan fingerprint density at radius 1 is 1.17 bits per heavy atom. The maximum absolute atomic E-state index is 12.4. The predicted molar refractivity (Wildman–Crippen MR) is 102 cm³/mol. The molecule has 10 heteroatoms. The van der Waals surface area contributed by atoms with Gasteiger partial charge in [-0.3, -0.25) is 19.7 Å². The number of nitrogens with two attached hydrogens (primary N) is 1. The molecule has 1 aliphatic heterocycles. The van der Waals surface area contributed by atoms with E-state index in [9.17, 15) is 24.5 Å². The summed E-state index contributed by atoms with van der Waals surface area (Å²) in [4.78, 5) is 46.2. The van der Waals surface area contributed by atoms with Crippen LogP contribution in [0.1, 0.15) is 28.8 Å². The Kier molecular flexibility index (Phi) is 5.63. The topological polar surface area (TPSA) is 145 Å². The van der Waals surface area contributed by atoms with Crippen LogP contribution in [0.15, 0.2) is 53.6 Å². The zero-order valence-electron chi connectivity index (χ0n) is 15.1. The number of amides is 2. The van der Waals surface area contributed by atoms with Crippen molar-refractivity contribution in [2.45, 2.75) is 19.4 Å². The lowest BCUT2D eigenvalue weighted by molar-refractivity contribution is -0.385. The van der Waals surface area contributed by atoms with Crippen LogP contribution < -0.4 is 10.7 Å². The van der Waals surface area contributed by atoms with E-state index in [0.29, 0.717) is 5.69 Å². The van der Waals surface area contributed by atoms with Gasteiger partial charge < -0.3 is 10.5 Å². The minimum absolute atomic E-state index is 0.0274. The van der Waals surface area contributed by atoms with Gasteiger partial charge in [-0.15, -0.1) is 0 Å². The lowest BCUT2D eigenvalue weighted by atomic mass is 10.1. The molecule has 1 heterocycles. The van der Waals surface area contributed by atoms with Gasteiger partial charge in [-0.25, -0.2) is 9.80 Å². The number of carbonyl (C=O) groups is 3. The molecule has 1 aliphatic rings. The van der Waals surface area contributed by atoms with Gasteiger partial charge in [-0.1, -0.05) is 18.2 Å². The van der Waals surface area contributed by atoms with Crippen LogP contribution in [-0.2, 0) is 20.9 Å². The number of anilines is 1. The lowest BCUT2D eigenvalue weighted by Gasteiger charge is -2.22. The molecule has 148 valence electrons. The number of primary amides is 1. The van der Waals surface area contributed by atoms with Gasteiger partial charge in [0, 0.05) is 24.5 Å². The molecule has 0 saturated carbocycles. The number of nitro benzene ring substituents is 1. The number of hydrazone groups is 1. The fourth-order valence-electron chi connectivity index (χ4n) is 2.71. The van der Waals surface area contributed by atoms with Crippen molar-refractivity contribution in [3.8, 4) is 0 Å². The Morgan fingerprint density at radius 3 is 2.55 bits per heavy atom. The van der Waals surface area contributed by atoms with Crippen molar-refractivity contribution in [1.29, 1.82) is 0 Å². The number of para-hydroxylation sites is 1. The highest BCUT2D eigenvalue weighted by Crippen LogP contribution is 2.23. The van der Waals surface area contributed by atoms with E-state index in [0.717, 1.165) is 11.1 Å². The molecule has 29 heavy (non-hydrogen) atoms. The van der Waals surface area contributed by atoms with E-state index in [1.165, 1.54) is 12.1 Å². The summed E-state index contributed by atoms with van der Waals surface area (Å²) in [5, 5.41) is 16.4. The molecule has 0 spiro atoms. The minimum atomic E-state index is -0.807. The number of nitrogens with zero attached hydrogens (tertiary/aromatic N) is 3. The molecule has 0 radical (unpaired) electrons. The molecule has 3 rings (SSSR count). The molecule has 0 bridgehead atoms. The third-order valence-electron chi connectivity index (χ3n) is 4.19. The molecule has 0 unspecified atom stereocenters. The third-order valence-corrected chi connectivity index (χ3v) is 4.19. The van der Waals surface area contributed by atoms with Gasteiger partial charge in [0.1, 0.15) is 12.3 Å². The molecular weight excluding hydrogens is 380 g/mol. The van der Waals surface area contributed by atoms with Crippen LogP contribution >= 0.6 is 0 Å². The normalized spacial score (nSPS) is 13.6. The molecule has 0 saturated heterocycles. The van der Waals surface area contributed by atoms with Crippen LogP contribution in [0, 0.1) is 10.1 Å². The first-order valence-electron chi connectivity index (χ1n) is 8.56. The average molecular weight is 396 g/mol. The number of nitro groups is 1. The van der Waals surface area contributed by atoms with E-state index in [2.05, 4.69) is 5.10 Å². The molecule has 0 atom stereocenters. The van der Waals surface area contributed by atoms with Crippen molar-refractivity contribution < 1.29 is 24.0 Å². The number of benzene rings is 2. The van der Waals surface area contributed by atoms with E-state index >= 15 is 0 Å². The second kappa shape index (κ2) is 8.30. The summed E-state index contributed by atoms with van der Waals surface area (Å²) in [6.45, 7) is -0.396. The molecular formula is C19H16N4O6. The SMILES string of the molecule is NC(=O)c1ccc(COC(=O)C2=NN(c3ccccc3)C(=O)CC2)c([N+](=O)[O-])c1. The third kappa shape index (κ3) is 4.43. The summed E-state index contributed by atoms with van der Waals surface area (Å²) in [5.41, 5.74) is 5.36. The fourth-order valence-corrected chi connectivity index (χ4v) is 2.71. The van der Waals surface area contributed by atoms with Crippen LogP contribution in [0.4, 0.5) is 11.4 Å².